The van der Waals surface area contributed by atoms with Crippen LogP contribution in [0.5, 0.6) is 0 Å². The second kappa shape index (κ2) is 10.3. The highest BCUT2D eigenvalue weighted by Gasteiger charge is 2.20. The number of halogens is 1. The zero-order valence-electron chi connectivity index (χ0n) is 17.0. The van der Waals surface area contributed by atoms with E-state index in [2.05, 4.69) is 26.9 Å². The van der Waals surface area contributed by atoms with Gasteiger partial charge in [-0.15, -0.1) is 0 Å². The van der Waals surface area contributed by atoms with E-state index in [9.17, 15) is 13.2 Å². The molecule has 1 fully saturated rings. The number of nitrogens with zero attached hydrogens (tertiary/aromatic N) is 2. The minimum absolute atomic E-state index is 0.0602. The van der Waals surface area contributed by atoms with Crippen molar-refractivity contribution in [1.29, 1.82) is 0 Å². The number of likely N-dealkylation sites (N-methyl/N-ethyl adjacent to an activating group) is 1. The normalized spacial score (nSPS) is 15.7. The van der Waals surface area contributed by atoms with E-state index < -0.39 is 10.0 Å². The molecular formula is C21H27ClN4O3S. The van der Waals surface area contributed by atoms with Gasteiger partial charge in [-0.3, -0.25) is 9.52 Å². The molecule has 7 nitrogen and oxygen atoms in total. The molecule has 2 N–H and O–H groups in total. The molecule has 1 aliphatic rings. The Morgan fingerprint density at radius 1 is 1.07 bits per heavy atom. The number of sulfonamides is 1. The summed E-state index contributed by atoms with van der Waals surface area (Å²) in [6.07, 6.45) is 0.837. The van der Waals surface area contributed by atoms with Gasteiger partial charge in [-0.1, -0.05) is 29.8 Å². The maximum atomic E-state index is 12.7. The van der Waals surface area contributed by atoms with E-state index in [1.165, 1.54) is 18.2 Å². The lowest BCUT2D eigenvalue weighted by Crippen LogP contribution is -2.45. The Labute approximate surface area is 183 Å². The first-order valence-corrected chi connectivity index (χ1v) is 11.8. The third kappa shape index (κ3) is 6.18. The largest absolute Gasteiger partial charge is 0.352 e. The first-order valence-electron chi connectivity index (χ1n) is 9.92. The number of rotatable bonds is 8. The van der Waals surface area contributed by atoms with Gasteiger partial charge in [0.15, 0.2) is 0 Å². The highest BCUT2D eigenvalue weighted by Crippen LogP contribution is 2.25. The molecule has 9 heteroatoms. The summed E-state index contributed by atoms with van der Waals surface area (Å²) < 4.78 is 27.9. The Bertz CT molecular complexity index is 961. The lowest BCUT2D eigenvalue weighted by Gasteiger charge is -2.32. The van der Waals surface area contributed by atoms with Gasteiger partial charge in [0.1, 0.15) is 4.90 Å². The maximum absolute atomic E-state index is 12.7. The summed E-state index contributed by atoms with van der Waals surface area (Å²) in [5.41, 5.74) is 0.680. The molecule has 0 bridgehead atoms. The first-order chi connectivity index (χ1) is 14.3. The highest BCUT2D eigenvalue weighted by molar-refractivity contribution is 7.92. The van der Waals surface area contributed by atoms with Crippen LogP contribution in [0.15, 0.2) is 53.4 Å². The van der Waals surface area contributed by atoms with Crippen molar-refractivity contribution in [2.75, 3.05) is 51.0 Å². The maximum Gasteiger partial charge on any atom is 0.263 e. The minimum Gasteiger partial charge on any atom is -0.352 e. The van der Waals surface area contributed by atoms with Crippen LogP contribution in [0.4, 0.5) is 5.69 Å². The predicted octanol–water partition coefficient (Wildman–Crippen LogP) is 2.51. The number of piperazine rings is 1. The predicted molar refractivity (Wildman–Crippen MR) is 120 cm³/mol. The number of hydrogen-bond acceptors (Lipinski definition) is 5. The molecule has 0 spiro atoms. The van der Waals surface area contributed by atoms with Gasteiger partial charge in [0.05, 0.1) is 5.02 Å². The van der Waals surface area contributed by atoms with Gasteiger partial charge in [-0.05, 0) is 50.3 Å². The molecule has 0 atom stereocenters. The Kier molecular flexibility index (Phi) is 7.71. The molecule has 1 aliphatic heterocycles. The van der Waals surface area contributed by atoms with E-state index in [4.69, 9.17) is 11.6 Å². The molecule has 1 amide bonds. The summed E-state index contributed by atoms with van der Waals surface area (Å²) in [6.45, 7) is 5.65. The topological polar surface area (TPSA) is 81.8 Å². The molecule has 0 aromatic heterocycles. The molecule has 1 heterocycles. The molecule has 0 saturated carbocycles. The quantitative estimate of drug-likeness (QED) is 0.604. The van der Waals surface area contributed by atoms with Gasteiger partial charge in [-0.2, -0.15) is 0 Å². The number of carbonyl (C=O) groups excluding carboxylic acids is 1. The molecule has 2 aromatic carbocycles. The average molecular weight is 451 g/mol. The van der Waals surface area contributed by atoms with Gasteiger partial charge in [-0.25, -0.2) is 8.42 Å². The molecule has 0 aliphatic carbocycles. The van der Waals surface area contributed by atoms with Gasteiger partial charge in [0, 0.05) is 44.0 Å². The molecule has 30 heavy (non-hydrogen) atoms. The van der Waals surface area contributed by atoms with Crippen molar-refractivity contribution in [3.63, 3.8) is 0 Å². The van der Waals surface area contributed by atoms with Crippen LogP contribution in [0, 0.1) is 0 Å². The van der Waals surface area contributed by atoms with Gasteiger partial charge >= 0.3 is 0 Å². The fourth-order valence-corrected chi connectivity index (χ4v) is 4.83. The highest BCUT2D eigenvalue weighted by atomic mass is 35.5. The number of benzene rings is 2. The van der Waals surface area contributed by atoms with Crippen LogP contribution >= 0.6 is 11.6 Å². The van der Waals surface area contributed by atoms with Crippen molar-refractivity contribution < 1.29 is 13.2 Å². The van der Waals surface area contributed by atoms with Crippen LogP contribution in [-0.4, -0.2) is 70.4 Å². The van der Waals surface area contributed by atoms with Crippen molar-refractivity contribution in [2.45, 2.75) is 11.3 Å². The van der Waals surface area contributed by atoms with Crippen molar-refractivity contribution in [2.24, 2.45) is 0 Å². The Balaban J connectivity index is 1.58. The van der Waals surface area contributed by atoms with Crippen LogP contribution in [0.3, 0.4) is 0 Å². The van der Waals surface area contributed by atoms with Crippen molar-refractivity contribution in [3.05, 3.63) is 59.1 Å². The zero-order chi connectivity index (χ0) is 21.6. The van der Waals surface area contributed by atoms with E-state index in [-0.39, 0.29) is 21.4 Å². The molecular weight excluding hydrogens is 424 g/mol. The molecule has 162 valence electrons. The summed E-state index contributed by atoms with van der Waals surface area (Å²) in [6, 6.07) is 12.8. The van der Waals surface area contributed by atoms with E-state index in [1.54, 1.807) is 30.3 Å². The molecule has 0 unspecified atom stereocenters. The lowest BCUT2D eigenvalue weighted by molar-refractivity contribution is 0.0949. The third-order valence-corrected chi connectivity index (χ3v) is 6.90. The molecule has 3 rings (SSSR count). The van der Waals surface area contributed by atoms with Crippen molar-refractivity contribution in [3.8, 4) is 0 Å². The number of amides is 1. The van der Waals surface area contributed by atoms with E-state index in [1.807, 2.05) is 0 Å². The number of nitrogens with one attached hydrogen (secondary N) is 2. The summed E-state index contributed by atoms with van der Waals surface area (Å²) in [5, 5.41) is 2.92. The smallest absolute Gasteiger partial charge is 0.263 e. The monoisotopic (exact) mass is 450 g/mol. The number of para-hydroxylation sites is 1. The third-order valence-electron chi connectivity index (χ3n) is 5.04. The fourth-order valence-electron chi connectivity index (χ4n) is 3.24. The summed E-state index contributed by atoms with van der Waals surface area (Å²) in [5.74, 6) is -0.318. The van der Waals surface area contributed by atoms with Crippen LogP contribution in [0.2, 0.25) is 5.02 Å². The standard InChI is InChI=1S/C21H27ClN4O3S/c1-25-12-14-26(15-13-25)11-5-10-23-21(27)17-8-9-19(22)20(16-17)30(28,29)24-18-6-3-2-4-7-18/h2-4,6-9,16,24H,5,10-15H2,1H3,(H,23,27). The summed E-state index contributed by atoms with van der Waals surface area (Å²) in [7, 11) is -1.80. The second-order valence-corrected chi connectivity index (χ2v) is 9.43. The zero-order valence-corrected chi connectivity index (χ0v) is 18.5. The van der Waals surface area contributed by atoms with Crippen molar-refractivity contribution in [1.82, 2.24) is 15.1 Å². The van der Waals surface area contributed by atoms with Crippen LogP contribution in [0.1, 0.15) is 16.8 Å². The SMILES string of the molecule is CN1CCN(CCCNC(=O)c2ccc(Cl)c(S(=O)(=O)Nc3ccccc3)c2)CC1. The Morgan fingerprint density at radius 3 is 2.47 bits per heavy atom. The van der Waals surface area contributed by atoms with E-state index >= 15 is 0 Å². The van der Waals surface area contributed by atoms with Crippen molar-refractivity contribution >= 4 is 33.2 Å². The Hall–Kier alpha value is -2.13. The second-order valence-electron chi connectivity index (χ2n) is 7.37. The van der Waals surface area contributed by atoms with Crippen LogP contribution in [-0.2, 0) is 10.0 Å². The lowest BCUT2D eigenvalue weighted by atomic mass is 10.2. The van der Waals surface area contributed by atoms with Crippen LogP contribution < -0.4 is 10.0 Å². The fraction of sp³-hybridized carbons (Fsp3) is 0.381. The number of carbonyl (C=O) groups is 1. The van der Waals surface area contributed by atoms with Gasteiger partial charge in [0.2, 0.25) is 0 Å². The summed E-state index contributed by atoms with van der Waals surface area (Å²) in [4.78, 5) is 17.1. The first kappa shape index (κ1) is 22.6. The molecule has 1 saturated heterocycles. The Morgan fingerprint density at radius 2 is 1.77 bits per heavy atom. The summed E-state index contributed by atoms with van der Waals surface area (Å²) >= 11 is 6.11. The molecule has 2 aromatic rings. The number of anilines is 1. The van der Waals surface area contributed by atoms with E-state index in [0.29, 0.717) is 12.2 Å². The van der Waals surface area contributed by atoms with Gasteiger partial charge < -0.3 is 15.1 Å². The molecule has 0 radical (unpaired) electrons. The van der Waals surface area contributed by atoms with Crippen LogP contribution in [0.25, 0.3) is 0 Å². The van der Waals surface area contributed by atoms with E-state index in [0.717, 1.165) is 39.1 Å². The minimum atomic E-state index is -3.92. The number of hydrogen-bond donors (Lipinski definition) is 2. The average Bonchev–Trinajstić information content (AvgIpc) is 2.73. The van der Waals surface area contributed by atoms with Gasteiger partial charge in [0.25, 0.3) is 15.9 Å².